The summed E-state index contributed by atoms with van der Waals surface area (Å²) in [6, 6.07) is 10.1. The van der Waals surface area contributed by atoms with Crippen molar-refractivity contribution < 1.29 is 0 Å². The average molecular weight is 380 g/mol. The van der Waals surface area contributed by atoms with Gasteiger partial charge in [0.1, 0.15) is 16.2 Å². The van der Waals surface area contributed by atoms with Crippen molar-refractivity contribution in [2.45, 2.75) is 23.8 Å². The van der Waals surface area contributed by atoms with E-state index in [-0.39, 0.29) is 11.2 Å². The maximum absolute atomic E-state index is 12.7. The third kappa shape index (κ3) is 3.47. The van der Waals surface area contributed by atoms with Crippen LogP contribution in [0.15, 0.2) is 51.0 Å². The Morgan fingerprint density at radius 1 is 1.11 bits per heavy atom. The molecular weight excluding hydrogens is 360 g/mol. The molecule has 4 rings (SSSR count). The number of fused-ring (bicyclic) bond motifs is 1. The van der Waals surface area contributed by atoms with Gasteiger partial charge in [0.15, 0.2) is 5.65 Å². The van der Waals surface area contributed by atoms with Crippen molar-refractivity contribution in [3.63, 3.8) is 0 Å². The fraction of sp³-hybridized carbons (Fsp3) is 0.300. The molecule has 6 nitrogen and oxygen atoms in total. The predicted molar refractivity (Wildman–Crippen MR) is 108 cm³/mol. The largest absolute Gasteiger partial charge is 0.332 e. The van der Waals surface area contributed by atoms with Crippen LogP contribution in [0.4, 0.5) is 0 Å². The maximum atomic E-state index is 12.7. The lowest BCUT2D eigenvalue weighted by Gasteiger charge is -2.11. The van der Waals surface area contributed by atoms with Crippen LogP contribution in [0.1, 0.15) is 30.1 Å². The van der Waals surface area contributed by atoms with Gasteiger partial charge in [-0.15, -0.1) is 11.8 Å². The summed E-state index contributed by atoms with van der Waals surface area (Å²) in [6.45, 7) is 0. The van der Waals surface area contributed by atoms with Gasteiger partial charge in [-0.05, 0) is 18.4 Å². The van der Waals surface area contributed by atoms with Gasteiger partial charge in [0, 0.05) is 25.8 Å². The molecule has 138 valence electrons. The van der Waals surface area contributed by atoms with Crippen LogP contribution in [0.3, 0.4) is 0 Å². The Morgan fingerprint density at radius 3 is 2.56 bits per heavy atom. The van der Waals surface area contributed by atoms with Crippen LogP contribution in [0.25, 0.3) is 17.1 Å². The Labute approximate surface area is 160 Å². The van der Waals surface area contributed by atoms with E-state index in [9.17, 15) is 9.59 Å². The molecule has 0 unspecified atom stereocenters. The number of hydrogen-bond acceptors (Lipinski definition) is 5. The van der Waals surface area contributed by atoms with Crippen LogP contribution in [-0.2, 0) is 14.1 Å². The summed E-state index contributed by atoms with van der Waals surface area (Å²) < 4.78 is 2.56. The number of aromatic nitrogens is 4. The molecule has 0 spiro atoms. The zero-order chi connectivity index (χ0) is 19.0. The second kappa shape index (κ2) is 7.15. The SMILES string of the molecule is Cn1c(=O)c2c(SC/C=C/c3ccccc3)nc(C3CC3)nc2n(C)c1=O. The first kappa shape index (κ1) is 17.7. The highest BCUT2D eigenvalue weighted by atomic mass is 32.2. The number of benzene rings is 1. The van der Waals surface area contributed by atoms with Gasteiger partial charge < -0.3 is 0 Å². The number of aryl methyl sites for hydroxylation is 1. The van der Waals surface area contributed by atoms with Crippen molar-refractivity contribution in [3.8, 4) is 0 Å². The third-order valence-corrected chi connectivity index (χ3v) is 5.58. The summed E-state index contributed by atoms with van der Waals surface area (Å²) >= 11 is 1.50. The van der Waals surface area contributed by atoms with E-state index in [0.717, 1.165) is 28.8 Å². The summed E-state index contributed by atoms with van der Waals surface area (Å²) in [5, 5.41) is 1.07. The molecule has 0 atom stereocenters. The van der Waals surface area contributed by atoms with Gasteiger partial charge >= 0.3 is 5.69 Å². The lowest BCUT2D eigenvalue weighted by atomic mass is 10.2. The smallest absolute Gasteiger partial charge is 0.280 e. The van der Waals surface area contributed by atoms with Crippen molar-refractivity contribution in [1.82, 2.24) is 19.1 Å². The maximum Gasteiger partial charge on any atom is 0.332 e. The number of rotatable bonds is 5. The van der Waals surface area contributed by atoms with Crippen LogP contribution in [0.5, 0.6) is 0 Å². The zero-order valence-corrected chi connectivity index (χ0v) is 16.1. The van der Waals surface area contributed by atoms with Crippen LogP contribution in [0, 0.1) is 0 Å². The van der Waals surface area contributed by atoms with Gasteiger partial charge in [-0.3, -0.25) is 13.9 Å². The molecule has 1 aliphatic carbocycles. The van der Waals surface area contributed by atoms with Crippen molar-refractivity contribution in [2.24, 2.45) is 14.1 Å². The fourth-order valence-electron chi connectivity index (χ4n) is 2.95. The van der Waals surface area contributed by atoms with E-state index in [0.29, 0.717) is 27.7 Å². The van der Waals surface area contributed by atoms with Crippen molar-refractivity contribution in [3.05, 3.63) is 68.6 Å². The fourth-order valence-corrected chi connectivity index (χ4v) is 3.78. The topological polar surface area (TPSA) is 69.8 Å². The Kier molecular flexibility index (Phi) is 4.70. The van der Waals surface area contributed by atoms with Crippen molar-refractivity contribution >= 4 is 28.9 Å². The minimum atomic E-state index is -0.368. The van der Waals surface area contributed by atoms with Gasteiger partial charge in [-0.1, -0.05) is 42.5 Å². The molecule has 0 N–H and O–H groups in total. The highest BCUT2D eigenvalue weighted by Gasteiger charge is 2.29. The van der Waals surface area contributed by atoms with Crippen LogP contribution < -0.4 is 11.2 Å². The zero-order valence-electron chi connectivity index (χ0n) is 15.3. The Morgan fingerprint density at radius 2 is 1.85 bits per heavy atom. The van der Waals surface area contributed by atoms with E-state index in [2.05, 4.69) is 16.0 Å². The summed E-state index contributed by atoms with van der Waals surface area (Å²) in [6.07, 6.45) is 6.22. The van der Waals surface area contributed by atoms with Gasteiger partial charge in [0.2, 0.25) is 0 Å². The first-order valence-electron chi connectivity index (χ1n) is 8.88. The molecule has 0 saturated heterocycles. The molecule has 27 heavy (non-hydrogen) atoms. The summed E-state index contributed by atoms with van der Waals surface area (Å²) in [7, 11) is 3.14. The molecule has 0 amide bonds. The molecule has 0 radical (unpaired) electrons. The summed E-state index contributed by atoms with van der Waals surface area (Å²) in [4.78, 5) is 34.2. The van der Waals surface area contributed by atoms with E-state index >= 15 is 0 Å². The first-order chi connectivity index (χ1) is 13.1. The van der Waals surface area contributed by atoms with E-state index in [4.69, 9.17) is 0 Å². The van der Waals surface area contributed by atoms with Crippen LogP contribution >= 0.6 is 11.8 Å². The first-order valence-corrected chi connectivity index (χ1v) is 9.87. The number of thioether (sulfide) groups is 1. The number of hydrogen-bond donors (Lipinski definition) is 0. The lowest BCUT2D eigenvalue weighted by Crippen LogP contribution is -2.37. The Balaban J connectivity index is 1.73. The molecule has 3 aromatic rings. The molecule has 2 heterocycles. The van der Waals surface area contributed by atoms with Gasteiger partial charge in [-0.2, -0.15) is 0 Å². The lowest BCUT2D eigenvalue weighted by molar-refractivity contribution is 0.698. The van der Waals surface area contributed by atoms with E-state index in [1.165, 1.54) is 23.4 Å². The molecule has 1 aromatic carbocycles. The normalized spacial score (nSPS) is 14.3. The highest BCUT2D eigenvalue weighted by molar-refractivity contribution is 7.99. The molecule has 0 bridgehead atoms. The Bertz CT molecular complexity index is 1140. The minimum Gasteiger partial charge on any atom is -0.280 e. The standard InChI is InChI=1S/C20H20N4O2S/c1-23-17-15(19(25)24(2)20(23)26)18(22-16(21-17)14-10-11-14)27-12-6-9-13-7-4-3-5-8-13/h3-9,14H,10-12H2,1-2H3/b9-6+. The molecule has 1 fully saturated rings. The quantitative estimate of drug-likeness (QED) is 0.503. The molecular formula is C20H20N4O2S. The second-order valence-electron chi connectivity index (χ2n) is 6.69. The molecule has 0 aliphatic heterocycles. The van der Waals surface area contributed by atoms with Gasteiger partial charge in [-0.25, -0.2) is 14.8 Å². The minimum absolute atomic E-state index is 0.341. The summed E-state index contributed by atoms with van der Waals surface area (Å²) in [5.74, 6) is 1.75. The van der Waals surface area contributed by atoms with Gasteiger partial charge in [0.25, 0.3) is 5.56 Å². The van der Waals surface area contributed by atoms with Crippen LogP contribution in [0.2, 0.25) is 0 Å². The number of nitrogens with zero attached hydrogens (tertiary/aromatic N) is 4. The molecule has 1 aliphatic rings. The highest BCUT2D eigenvalue weighted by Crippen LogP contribution is 2.39. The van der Waals surface area contributed by atoms with Crippen molar-refractivity contribution in [1.29, 1.82) is 0 Å². The van der Waals surface area contributed by atoms with Gasteiger partial charge in [0.05, 0.1) is 0 Å². The average Bonchev–Trinajstić information content (AvgIpc) is 3.53. The van der Waals surface area contributed by atoms with Crippen molar-refractivity contribution in [2.75, 3.05) is 5.75 Å². The molecule has 2 aromatic heterocycles. The second-order valence-corrected chi connectivity index (χ2v) is 7.70. The molecule has 1 saturated carbocycles. The molecule has 7 heteroatoms. The predicted octanol–water partition coefficient (Wildman–Crippen LogP) is 2.71. The van der Waals surface area contributed by atoms with E-state index < -0.39 is 0 Å². The van der Waals surface area contributed by atoms with E-state index in [1.54, 1.807) is 7.05 Å². The monoisotopic (exact) mass is 380 g/mol. The summed E-state index contributed by atoms with van der Waals surface area (Å²) in [5.41, 5.74) is 0.843. The third-order valence-electron chi connectivity index (χ3n) is 4.65. The van der Waals surface area contributed by atoms with E-state index in [1.807, 2.05) is 36.4 Å². The Hall–Kier alpha value is -2.67. The van der Waals surface area contributed by atoms with Crippen LogP contribution in [-0.4, -0.2) is 24.9 Å².